The maximum Gasteiger partial charge on any atom is 0.145 e. The summed E-state index contributed by atoms with van der Waals surface area (Å²) in [5, 5.41) is 0. The van der Waals surface area contributed by atoms with E-state index >= 15 is 0 Å². The molecule has 1 heteroatoms. The molecule has 2 aromatic rings. The van der Waals surface area contributed by atoms with E-state index in [9.17, 15) is 4.79 Å². The van der Waals surface area contributed by atoms with Gasteiger partial charge in [0.25, 0.3) is 0 Å². The molecule has 0 saturated carbocycles. The molecule has 120 valence electrons. The first-order valence-electron chi connectivity index (χ1n) is 8.61. The fourth-order valence-corrected chi connectivity index (χ4v) is 4.14. The Balaban J connectivity index is 2.21. The largest absolute Gasteiger partial charge is 0.299 e. The summed E-state index contributed by atoms with van der Waals surface area (Å²) in [7, 11) is 0. The number of ketones is 1. The summed E-state index contributed by atoms with van der Waals surface area (Å²) >= 11 is 0. The number of carbonyl (C=O) groups is 1. The van der Waals surface area contributed by atoms with E-state index < -0.39 is 0 Å². The molecule has 0 radical (unpaired) electrons. The molecule has 23 heavy (non-hydrogen) atoms. The molecule has 0 bridgehead atoms. The van der Waals surface area contributed by atoms with Crippen LogP contribution in [0.3, 0.4) is 0 Å². The average molecular weight is 306 g/mol. The second kappa shape index (κ2) is 5.96. The predicted molar refractivity (Wildman–Crippen MR) is 95.9 cm³/mol. The monoisotopic (exact) mass is 306 g/mol. The second-order valence-corrected chi connectivity index (χ2v) is 7.72. The SMILES string of the molecule is CCc1ccccc1C1C(=O)Cc2ccccc2C1C(C)(C)C. The van der Waals surface area contributed by atoms with Crippen molar-refractivity contribution in [1.29, 1.82) is 0 Å². The van der Waals surface area contributed by atoms with Gasteiger partial charge in [-0.05, 0) is 34.1 Å². The maximum atomic E-state index is 13.1. The van der Waals surface area contributed by atoms with Gasteiger partial charge in [-0.15, -0.1) is 0 Å². The molecule has 1 nitrogen and oxygen atoms in total. The Morgan fingerprint density at radius 2 is 1.57 bits per heavy atom. The van der Waals surface area contributed by atoms with Gasteiger partial charge in [-0.3, -0.25) is 4.79 Å². The molecule has 0 heterocycles. The van der Waals surface area contributed by atoms with E-state index in [1.54, 1.807) is 0 Å². The normalized spacial score (nSPS) is 21.1. The molecular formula is C22H26O. The van der Waals surface area contributed by atoms with Crippen LogP contribution in [0.2, 0.25) is 0 Å². The highest BCUT2D eigenvalue weighted by Crippen LogP contribution is 2.50. The van der Waals surface area contributed by atoms with Crippen molar-refractivity contribution in [2.75, 3.05) is 0 Å². The summed E-state index contributed by atoms with van der Waals surface area (Å²) in [6, 6.07) is 17.0. The smallest absolute Gasteiger partial charge is 0.145 e. The number of carbonyl (C=O) groups excluding carboxylic acids is 1. The highest BCUT2D eigenvalue weighted by molar-refractivity contribution is 5.91. The molecule has 2 atom stereocenters. The molecule has 3 rings (SSSR count). The Bertz CT molecular complexity index is 721. The first-order chi connectivity index (χ1) is 10.9. The van der Waals surface area contributed by atoms with Crippen molar-refractivity contribution < 1.29 is 4.79 Å². The zero-order valence-corrected chi connectivity index (χ0v) is 14.6. The topological polar surface area (TPSA) is 17.1 Å². The number of hydrogen-bond donors (Lipinski definition) is 0. The standard InChI is InChI=1S/C22H26O/c1-5-15-10-6-8-12-17(15)20-19(23)14-16-11-7-9-13-18(16)21(20)22(2,3)4/h6-13,20-21H,5,14H2,1-4H3. The van der Waals surface area contributed by atoms with E-state index in [0.717, 1.165) is 6.42 Å². The fourth-order valence-electron chi connectivity index (χ4n) is 4.14. The third kappa shape index (κ3) is 2.85. The highest BCUT2D eigenvalue weighted by Gasteiger charge is 2.43. The van der Waals surface area contributed by atoms with E-state index in [1.165, 1.54) is 22.3 Å². The van der Waals surface area contributed by atoms with Crippen LogP contribution in [0.4, 0.5) is 0 Å². The van der Waals surface area contributed by atoms with E-state index in [2.05, 4.69) is 70.2 Å². The van der Waals surface area contributed by atoms with Gasteiger partial charge in [0.05, 0.1) is 5.92 Å². The van der Waals surface area contributed by atoms with Crippen LogP contribution < -0.4 is 0 Å². The van der Waals surface area contributed by atoms with Crippen LogP contribution in [0.15, 0.2) is 48.5 Å². The number of hydrogen-bond acceptors (Lipinski definition) is 1. The lowest BCUT2D eigenvalue weighted by molar-refractivity contribution is -0.121. The minimum atomic E-state index is -0.0268. The number of fused-ring (bicyclic) bond motifs is 1. The lowest BCUT2D eigenvalue weighted by atomic mass is 9.61. The molecule has 0 aliphatic heterocycles. The Morgan fingerprint density at radius 1 is 0.957 bits per heavy atom. The molecule has 1 aliphatic rings. The first-order valence-corrected chi connectivity index (χ1v) is 8.61. The molecule has 0 amide bonds. The second-order valence-electron chi connectivity index (χ2n) is 7.72. The number of rotatable bonds is 2. The number of aryl methyl sites for hydroxylation is 1. The van der Waals surface area contributed by atoms with Crippen molar-refractivity contribution in [3.8, 4) is 0 Å². The minimum Gasteiger partial charge on any atom is -0.299 e. The van der Waals surface area contributed by atoms with E-state index in [-0.39, 0.29) is 17.3 Å². The summed E-state index contributed by atoms with van der Waals surface area (Å²) in [5.41, 5.74) is 5.14. The van der Waals surface area contributed by atoms with Crippen LogP contribution in [0.1, 0.15) is 61.8 Å². The van der Waals surface area contributed by atoms with Crippen molar-refractivity contribution in [3.63, 3.8) is 0 Å². The van der Waals surface area contributed by atoms with Gasteiger partial charge in [0, 0.05) is 12.3 Å². The molecular weight excluding hydrogens is 280 g/mol. The van der Waals surface area contributed by atoms with Gasteiger partial charge < -0.3 is 0 Å². The van der Waals surface area contributed by atoms with Crippen LogP contribution in [0.25, 0.3) is 0 Å². The van der Waals surface area contributed by atoms with Gasteiger partial charge in [0.2, 0.25) is 0 Å². The fraction of sp³-hybridized carbons (Fsp3) is 0.409. The van der Waals surface area contributed by atoms with Crippen molar-refractivity contribution in [2.45, 2.75) is 52.4 Å². The molecule has 2 unspecified atom stereocenters. The van der Waals surface area contributed by atoms with Crippen LogP contribution in [0.5, 0.6) is 0 Å². The van der Waals surface area contributed by atoms with Crippen molar-refractivity contribution in [2.24, 2.45) is 5.41 Å². The number of benzene rings is 2. The molecule has 0 N–H and O–H groups in total. The third-order valence-corrected chi connectivity index (χ3v) is 5.14. The molecule has 0 fully saturated rings. The van der Waals surface area contributed by atoms with Crippen LogP contribution >= 0.6 is 0 Å². The molecule has 2 aromatic carbocycles. The molecule has 0 saturated heterocycles. The van der Waals surface area contributed by atoms with E-state index in [4.69, 9.17) is 0 Å². The quantitative estimate of drug-likeness (QED) is 0.737. The van der Waals surface area contributed by atoms with Gasteiger partial charge in [-0.1, -0.05) is 76.2 Å². The zero-order valence-electron chi connectivity index (χ0n) is 14.6. The van der Waals surface area contributed by atoms with Gasteiger partial charge in [-0.2, -0.15) is 0 Å². The van der Waals surface area contributed by atoms with Crippen LogP contribution in [0, 0.1) is 5.41 Å². The van der Waals surface area contributed by atoms with Crippen LogP contribution in [-0.2, 0) is 17.6 Å². The van der Waals surface area contributed by atoms with Crippen molar-refractivity contribution in [3.05, 3.63) is 70.8 Å². The first kappa shape index (κ1) is 16.0. The average Bonchev–Trinajstić information content (AvgIpc) is 2.52. The zero-order chi connectivity index (χ0) is 16.6. The van der Waals surface area contributed by atoms with Gasteiger partial charge in [0.1, 0.15) is 5.78 Å². The molecule has 0 aromatic heterocycles. The molecule has 0 spiro atoms. The Morgan fingerprint density at radius 3 is 2.22 bits per heavy atom. The predicted octanol–water partition coefficient (Wildman–Crippen LogP) is 5.29. The van der Waals surface area contributed by atoms with Gasteiger partial charge in [0.15, 0.2) is 0 Å². The van der Waals surface area contributed by atoms with Gasteiger partial charge in [-0.25, -0.2) is 0 Å². The van der Waals surface area contributed by atoms with Crippen LogP contribution in [-0.4, -0.2) is 5.78 Å². The summed E-state index contributed by atoms with van der Waals surface area (Å²) in [4.78, 5) is 13.1. The highest BCUT2D eigenvalue weighted by atomic mass is 16.1. The lowest BCUT2D eigenvalue weighted by Crippen LogP contribution is -2.35. The van der Waals surface area contributed by atoms with E-state index in [1.807, 2.05) is 6.07 Å². The summed E-state index contributed by atoms with van der Waals surface area (Å²) in [6.07, 6.45) is 1.53. The minimum absolute atomic E-state index is 0.0268. The Hall–Kier alpha value is -1.89. The van der Waals surface area contributed by atoms with Crippen molar-refractivity contribution >= 4 is 5.78 Å². The Kier molecular flexibility index (Phi) is 4.14. The maximum absolute atomic E-state index is 13.1. The third-order valence-electron chi connectivity index (χ3n) is 5.14. The summed E-state index contributed by atoms with van der Waals surface area (Å²) in [5.74, 6) is 0.568. The Labute approximate surface area is 139 Å². The van der Waals surface area contributed by atoms with Crippen molar-refractivity contribution in [1.82, 2.24) is 0 Å². The summed E-state index contributed by atoms with van der Waals surface area (Å²) < 4.78 is 0. The number of Topliss-reactive ketones (excluding diaryl/α,β-unsaturated/α-hetero) is 1. The lowest BCUT2D eigenvalue weighted by Gasteiger charge is -2.41. The molecule has 1 aliphatic carbocycles. The van der Waals surface area contributed by atoms with Gasteiger partial charge >= 0.3 is 0 Å². The summed E-state index contributed by atoms with van der Waals surface area (Å²) in [6.45, 7) is 8.95. The van der Waals surface area contributed by atoms with E-state index in [0.29, 0.717) is 12.2 Å².